The molecular weight excluding hydrogens is 288 g/mol. The van der Waals surface area contributed by atoms with Gasteiger partial charge >= 0.3 is 0 Å². The largest absolute Gasteiger partial charge is 0.391 e. The lowest BCUT2D eigenvalue weighted by Crippen LogP contribution is -2.44. The highest BCUT2D eigenvalue weighted by atomic mass is 35.5. The van der Waals surface area contributed by atoms with Crippen molar-refractivity contribution in [1.82, 2.24) is 4.90 Å². The van der Waals surface area contributed by atoms with Crippen LogP contribution < -0.4 is 5.32 Å². The third-order valence-corrected chi connectivity index (χ3v) is 4.30. The van der Waals surface area contributed by atoms with Crippen molar-refractivity contribution < 1.29 is 9.90 Å². The van der Waals surface area contributed by atoms with E-state index in [-0.39, 0.29) is 18.1 Å². The summed E-state index contributed by atoms with van der Waals surface area (Å²) >= 11 is 5.89. The van der Waals surface area contributed by atoms with E-state index in [0.717, 1.165) is 25.7 Å². The zero-order valence-corrected chi connectivity index (χ0v) is 13.1. The molecule has 1 aliphatic carbocycles. The standard InChI is InChI=1S/C16H23ClN2O2/c1-19(14-7-2-3-8-15(14)20)10-9-16(21)18-13-6-4-5-12(17)11-13/h4-6,11,14-15,20H,2-3,7-10H2,1H3,(H,18,21). The molecule has 1 aliphatic rings. The van der Waals surface area contributed by atoms with E-state index in [1.165, 1.54) is 0 Å². The highest BCUT2D eigenvalue weighted by Crippen LogP contribution is 2.22. The van der Waals surface area contributed by atoms with Crippen molar-refractivity contribution in [2.24, 2.45) is 0 Å². The van der Waals surface area contributed by atoms with Crippen LogP contribution >= 0.6 is 11.6 Å². The topological polar surface area (TPSA) is 52.6 Å². The summed E-state index contributed by atoms with van der Waals surface area (Å²) in [4.78, 5) is 14.0. The van der Waals surface area contributed by atoms with Gasteiger partial charge in [-0.2, -0.15) is 0 Å². The Morgan fingerprint density at radius 3 is 2.90 bits per heavy atom. The highest BCUT2D eigenvalue weighted by Gasteiger charge is 2.26. The predicted molar refractivity (Wildman–Crippen MR) is 85.6 cm³/mol. The van der Waals surface area contributed by atoms with Gasteiger partial charge in [0.2, 0.25) is 5.91 Å². The smallest absolute Gasteiger partial charge is 0.225 e. The summed E-state index contributed by atoms with van der Waals surface area (Å²) in [6.07, 6.45) is 4.27. The summed E-state index contributed by atoms with van der Waals surface area (Å²) < 4.78 is 0. The third kappa shape index (κ3) is 4.99. The molecule has 0 aliphatic heterocycles. The van der Waals surface area contributed by atoms with Crippen molar-refractivity contribution >= 4 is 23.2 Å². The Kier molecular flexibility index (Phi) is 6.03. The molecule has 116 valence electrons. The first kappa shape index (κ1) is 16.3. The fourth-order valence-electron chi connectivity index (χ4n) is 2.84. The van der Waals surface area contributed by atoms with Crippen molar-refractivity contribution in [2.75, 3.05) is 18.9 Å². The summed E-state index contributed by atoms with van der Waals surface area (Å²) in [5.74, 6) is -0.0329. The number of carbonyl (C=O) groups is 1. The van der Waals surface area contributed by atoms with Crippen molar-refractivity contribution in [3.63, 3.8) is 0 Å². The lowest BCUT2D eigenvalue weighted by Gasteiger charge is -2.35. The molecule has 1 aromatic carbocycles. The van der Waals surface area contributed by atoms with Crippen LogP contribution in [0.3, 0.4) is 0 Å². The van der Waals surface area contributed by atoms with Crippen LogP contribution in [0, 0.1) is 0 Å². The molecule has 5 heteroatoms. The number of amides is 1. The summed E-state index contributed by atoms with van der Waals surface area (Å²) in [5.41, 5.74) is 0.716. The van der Waals surface area contributed by atoms with Crippen LogP contribution in [0.1, 0.15) is 32.1 Å². The van der Waals surface area contributed by atoms with Gasteiger partial charge in [-0.3, -0.25) is 4.79 Å². The molecule has 0 heterocycles. The maximum absolute atomic E-state index is 11.9. The molecule has 0 spiro atoms. The molecule has 2 atom stereocenters. The van der Waals surface area contributed by atoms with Gasteiger partial charge in [-0.25, -0.2) is 0 Å². The van der Waals surface area contributed by atoms with E-state index in [1.54, 1.807) is 12.1 Å². The molecule has 2 unspecified atom stereocenters. The van der Waals surface area contributed by atoms with E-state index in [2.05, 4.69) is 10.2 Å². The van der Waals surface area contributed by atoms with Crippen molar-refractivity contribution in [1.29, 1.82) is 0 Å². The number of nitrogens with zero attached hydrogens (tertiary/aromatic N) is 1. The Hall–Kier alpha value is -1.10. The number of anilines is 1. The minimum Gasteiger partial charge on any atom is -0.391 e. The van der Waals surface area contributed by atoms with E-state index in [4.69, 9.17) is 11.6 Å². The quantitative estimate of drug-likeness (QED) is 0.879. The number of hydrogen-bond acceptors (Lipinski definition) is 3. The normalized spacial score (nSPS) is 22.3. The number of hydrogen-bond donors (Lipinski definition) is 2. The van der Waals surface area contributed by atoms with Gasteiger partial charge in [0.1, 0.15) is 0 Å². The van der Waals surface area contributed by atoms with Crippen LogP contribution in [-0.4, -0.2) is 41.7 Å². The molecular formula is C16H23ClN2O2. The summed E-state index contributed by atoms with van der Waals surface area (Å²) in [7, 11) is 1.98. The van der Waals surface area contributed by atoms with Crippen molar-refractivity contribution in [3.8, 4) is 0 Å². The minimum absolute atomic E-state index is 0.0329. The van der Waals surface area contributed by atoms with Gasteiger partial charge in [0.25, 0.3) is 0 Å². The Bertz CT molecular complexity index is 481. The molecule has 0 bridgehead atoms. The Morgan fingerprint density at radius 2 is 2.19 bits per heavy atom. The molecule has 2 rings (SSSR count). The maximum Gasteiger partial charge on any atom is 0.225 e. The predicted octanol–water partition coefficient (Wildman–Crippen LogP) is 2.90. The van der Waals surface area contributed by atoms with Gasteiger partial charge in [0, 0.05) is 29.7 Å². The Balaban J connectivity index is 1.78. The summed E-state index contributed by atoms with van der Waals surface area (Å²) in [5, 5.41) is 13.5. The number of likely N-dealkylation sites (N-methyl/N-ethyl adjacent to an activating group) is 1. The molecule has 2 N–H and O–H groups in total. The molecule has 4 nitrogen and oxygen atoms in total. The third-order valence-electron chi connectivity index (χ3n) is 4.06. The van der Waals surface area contributed by atoms with Crippen molar-refractivity contribution in [3.05, 3.63) is 29.3 Å². The van der Waals surface area contributed by atoms with Gasteiger partial charge < -0.3 is 15.3 Å². The van der Waals surface area contributed by atoms with E-state index < -0.39 is 0 Å². The molecule has 21 heavy (non-hydrogen) atoms. The SMILES string of the molecule is CN(CCC(=O)Nc1cccc(Cl)c1)C1CCCCC1O. The van der Waals surface area contributed by atoms with Gasteiger partial charge in [0.15, 0.2) is 0 Å². The molecule has 1 aromatic rings. The lowest BCUT2D eigenvalue weighted by molar-refractivity contribution is -0.116. The zero-order valence-electron chi connectivity index (χ0n) is 12.4. The first-order valence-electron chi connectivity index (χ1n) is 7.50. The van der Waals surface area contributed by atoms with Gasteiger partial charge in [-0.1, -0.05) is 30.5 Å². The van der Waals surface area contributed by atoms with Crippen LogP contribution in [0.4, 0.5) is 5.69 Å². The van der Waals surface area contributed by atoms with E-state index >= 15 is 0 Å². The van der Waals surface area contributed by atoms with Crippen LogP contribution in [-0.2, 0) is 4.79 Å². The van der Waals surface area contributed by atoms with Crippen LogP contribution in [0.25, 0.3) is 0 Å². The number of rotatable bonds is 5. The number of carbonyl (C=O) groups excluding carboxylic acids is 1. The first-order valence-corrected chi connectivity index (χ1v) is 7.88. The fraction of sp³-hybridized carbons (Fsp3) is 0.562. The average Bonchev–Trinajstić information content (AvgIpc) is 2.45. The molecule has 1 fully saturated rings. The van der Waals surface area contributed by atoms with Gasteiger partial charge in [-0.05, 0) is 38.1 Å². The van der Waals surface area contributed by atoms with E-state index in [9.17, 15) is 9.90 Å². The molecule has 1 saturated carbocycles. The van der Waals surface area contributed by atoms with Crippen LogP contribution in [0.5, 0.6) is 0 Å². The van der Waals surface area contributed by atoms with Crippen LogP contribution in [0.15, 0.2) is 24.3 Å². The summed E-state index contributed by atoms with van der Waals surface area (Å²) in [6, 6.07) is 7.31. The Morgan fingerprint density at radius 1 is 1.43 bits per heavy atom. The average molecular weight is 311 g/mol. The maximum atomic E-state index is 11.9. The second-order valence-corrected chi connectivity index (χ2v) is 6.14. The molecule has 0 aromatic heterocycles. The first-order chi connectivity index (χ1) is 10.1. The van der Waals surface area contributed by atoms with E-state index in [1.807, 2.05) is 19.2 Å². The van der Waals surface area contributed by atoms with Crippen molar-refractivity contribution in [2.45, 2.75) is 44.2 Å². The number of nitrogens with one attached hydrogen (secondary N) is 1. The number of halogens is 1. The number of benzene rings is 1. The molecule has 0 radical (unpaired) electrons. The minimum atomic E-state index is -0.264. The highest BCUT2D eigenvalue weighted by molar-refractivity contribution is 6.30. The second kappa shape index (κ2) is 7.78. The van der Waals surface area contributed by atoms with Crippen LogP contribution in [0.2, 0.25) is 5.02 Å². The molecule has 0 saturated heterocycles. The fourth-order valence-corrected chi connectivity index (χ4v) is 3.03. The van der Waals surface area contributed by atoms with E-state index in [0.29, 0.717) is 23.7 Å². The molecule has 1 amide bonds. The monoisotopic (exact) mass is 310 g/mol. The Labute approximate surface area is 131 Å². The number of aliphatic hydroxyl groups is 1. The second-order valence-electron chi connectivity index (χ2n) is 5.71. The summed E-state index contributed by atoms with van der Waals surface area (Å²) in [6.45, 7) is 0.647. The van der Waals surface area contributed by atoms with Gasteiger partial charge in [0.05, 0.1) is 6.10 Å². The number of aliphatic hydroxyl groups excluding tert-OH is 1. The lowest BCUT2D eigenvalue weighted by atomic mass is 9.91. The zero-order chi connectivity index (χ0) is 15.2. The van der Waals surface area contributed by atoms with Gasteiger partial charge in [-0.15, -0.1) is 0 Å².